The van der Waals surface area contributed by atoms with Crippen LogP contribution in [0.5, 0.6) is 0 Å². The average Bonchev–Trinajstić information content (AvgIpc) is 2.68. The number of nitrogens with zero attached hydrogens (tertiary/aromatic N) is 3. The third-order valence-electron chi connectivity index (χ3n) is 4.40. The number of hydrogen-bond acceptors (Lipinski definition) is 4. The summed E-state index contributed by atoms with van der Waals surface area (Å²) in [6.45, 7) is 5.91. The van der Waals surface area contributed by atoms with Gasteiger partial charge in [-0.25, -0.2) is 5.43 Å². The van der Waals surface area contributed by atoms with Crippen LogP contribution in [0.1, 0.15) is 12.5 Å². The van der Waals surface area contributed by atoms with Gasteiger partial charge in [0, 0.05) is 31.9 Å². The van der Waals surface area contributed by atoms with Gasteiger partial charge in [0.05, 0.1) is 12.3 Å². The van der Waals surface area contributed by atoms with Crippen molar-refractivity contribution < 1.29 is 4.79 Å². The molecule has 1 heterocycles. The average molecular weight is 336 g/mol. The van der Waals surface area contributed by atoms with Crippen LogP contribution in [0.3, 0.4) is 0 Å². The minimum absolute atomic E-state index is 0.0663. The first-order chi connectivity index (χ1) is 12.2. The van der Waals surface area contributed by atoms with Crippen LogP contribution in [0.2, 0.25) is 0 Å². The lowest BCUT2D eigenvalue weighted by Crippen LogP contribution is -2.49. The summed E-state index contributed by atoms with van der Waals surface area (Å²) in [6.07, 6.45) is 0. The van der Waals surface area contributed by atoms with Gasteiger partial charge in [-0.3, -0.25) is 9.69 Å². The molecule has 130 valence electrons. The van der Waals surface area contributed by atoms with Crippen molar-refractivity contribution in [2.45, 2.75) is 6.92 Å². The summed E-state index contributed by atoms with van der Waals surface area (Å²) < 4.78 is 0. The van der Waals surface area contributed by atoms with Crippen molar-refractivity contribution in [3.05, 3.63) is 66.2 Å². The van der Waals surface area contributed by atoms with Crippen molar-refractivity contribution in [2.24, 2.45) is 5.10 Å². The lowest BCUT2D eigenvalue weighted by Gasteiger charge is -2.35. The molecule has 0 radical (unpaired) electrons. The largest absolute Gasteiger partial charge is 0.369 e. The van der Waals surface area contributed by atoms with Gasteiger partial charge < -0.3 is 4.90 Å². The Balaban J connectivity index is 1.45. The molecule has 1 saturated heterocycles. The van der Waals surface area contributed by atoms with Crippen LogP contribution >= 0.6 is 0 Å². The van der Waals surface area contributed by atoms with Crippen molar-refractivity contribution in [2.75, 3.05) is 37.6 Å². The molecule has 0 unspecified atom stereocenters. The number of carbonyl (C=O) groups is 1. The number of amides is 1. The maximum atomic E-state index is 12.1. The van der Waals surface area contributed by atoms with E-state index in [-0.39, 0.29) is 5.91 Å². The number of benzene rings is 2. The van der Waals surface area contributed by atoms with E-state index in [4.69, 9.17) is 0 Å². The fourth-order valence-corrected chi connectivity index (χ4v) is 2.93. The molecule has 0 spiro atoms. The van der Waals surface area contributed by atoms with Gasteiger partial charge in [0.25, 0.3) is 5.91 Å². The predicted octanol–water partition coefficient (Wildman–Crippen LogP) is 2.35. The number of para-hydroxylation sites is 1. The molecular formula is C20H24N4O. The van der Waals surface area contributed by atoms with Gasteiger partial charge in [-0.15, -0.1) is 0 Å². The zero-order valence-electron chi connectivity index (χ0n) is 14.6. The molecule has 0 saturated carbocycles. The molecule has 2 aromatic carbocycles. The normalized spacial score (nSPS) is 15.9. The van der Waals surface area contributed by atoms with E-state index in [1.807, 2.05) is 43.3 Å². The zero-order valence-corrected chi connectivity index (χ0v) is 14.6. The second kappa shape index (κ2) is 8.44. The van der Waals surface area contributed by atoms with Gasteiger partial charge >= 0.3 is 0 Å². The Morgan fingerprint density at radius 2 is 1.56 bits per heavy atom. The van der Waals surface area contributed by atoms with E-state index in [1.54, 1.807) is 0 Å². The maximum absolute atomic E-state index is 12.1. The Morgan fingerprint density at radius 1 is 0.960 bits per heavy atom. The topological polar surface area (TPSA) is 47.9 Å². The number of hydrogen-bond donors (Lipinski definition) is 1. The van der Waals surface area contributed by atoms with E-state index in [0.717, 1.165) is 37.5 Å². The predicted molar refractivity (Wildman–Crippen MR) is 102 cm³/mol. The van der Waals surface area contributed by atoms with Crippen molar-refractivity contribution in [3.8, 4) is 0 Å². The molecule has 1 fully saturated rings. The second-order valence-corrected chi connectivity index (χ2v) is 6.20. The standard InChI is InChI=1S/C20H24N4O/c1-17(18-8-4-2-5-9-18)21-22-20(25)16-23-12-14-24(15-13-23)19-10-6-3-7-11-19/h2-11H,12-16H2,1H3,(H,22,25)/b21-17-. The van der Waals surface area contributed by atoms with E-state index < -0.39 is 0 Å². The summed E-state index contributed by atoms with van der Waals surface area (Å²) in [6, 6.07) is 20.2. The Labute approximate surface area is 148 Å². The highest BCUT2D eigenvalue weighted by Crippen LogP contribution is 2.15. The Kier molecular flexibility index (Phi) is 5.80. The van der Waals surface area contributed by atoms with E-state index in [0.29, 0.717) is 6.54 Å². The van der Waals surface area contributed by atoms with Gasteiger partial charge in [-0.2, -0.15) is 5.10 Å². The summed E-state index contributed by atoms with van der Waals surface area (Å²) in [5, 5.41) is 4.20. The maximum Gasteiger partial charge on any atom is 0.254 e. The van der Waals surface area contributed by atoms with Crippen molar-refractivity contribution in [1.29, 1.82) is 0 Å². The molecule has 5 nitrogen and oxygen atoms in total. The molecule has 25 heavy (non-hydrogen) atoms. The summed E-state index contributed by atoms with van der Waals surface area (Å²) >= 11 is 0. The lowest BCUT2D eigenvalue weighted by molar-refractivity contribution is -0.122. The first-order valence-corrected chi connectivity index (χ1v) is 8.63. The van der Waals surface area contributed by atoms with Gasteiger partial charge in [0.15, 0.2) is 0 Å². The Bertz CT molecular complexity index is 707. The molecule has 1 aliphatic heterocycles. The molecule has 2 aromatic rings. The molecule has 0 aliphatic carbocycles. The van der Waals surface area contributed by atoms with Crippen LogP contribution in [0.4, 0.5) is 5.69 Å². The van der Waals surface area contributed by atoms with E-state index in [9.17, 15) is 4.79 Å². The molecule has 0 bridgehead atoms. The molecular weight excluding hydrogens is 312 g/mol. The van der Waals surface area contributed by atoms with Gasteiger partial charge in [0.2, 0.25) is 0 Å². The Morgan fingerprint density at radius 3 is 2.20 bits per heavy atom. The molecule has 3 rings (SSSR count). The van der Waals surface area contributed by atoms with Crippen molar-refractivity contribution in [1.82, 2.24) is 10.3 Å². The van der Waals surface area contributed by atoms with Crippen LogP contribution in [0.25, 0.3) is 0 Å². The minimum Gasteiger partial charge on any atom is -0.369 e. The number of piperazine rings is 1. The molecule has 1 amide bonds. The number of anilines is 1. The highest BCUT2D eigenvalue weighted by atomic mass is 16.2. The highest BCUT2D eigenvalue weighted by Gasteiger charge is 2.18. The first-order valence-electron chi connectivity index (χ1n) is 8.63. The third-order valence-corrected chi connectivity index (χ3v) is 4.40. The SMILES string of the molecule is C/C(=N/NC(=O)CN1CCN(c2ccccc2)CC1)c1ccccc1. The monoisotopic (exact) mass is 336 g/mol. The Hall–Kier alpha value is -2.66. The highest BCUT2D eigenvalue weighted by molar-refractivity contribution is 5.99. The summed E-state index contributed by atoms with van der Waals surface area (Å²) in [5.41, 5.74) is 5.73. The van der Waals surface area contributed by atoms with Gasteiger partial charge in [-0.1, -0.05) is 48.5 Å². The van der Waals surface area contributed by atoms with Gasteiger partial charge in [0.1, 0.15) is 0 Å². The first kappa shape index (κ1) is 17.2. The number of nitrogens with one attached hydrogen (secondary N) is 1. The molecule has 5 heteroatoms. The van der Waals surface area contributed by atoms with Gasteiger partial charge in [-0.05, 0) is 24.6 Å². The molecule has 0 atom stereocenters. The number of hydrazone groups is 1. The quantitative estimate of drug-likeness (QED) is 0.673. The lowest BCUT2D eigenvalue weighted by atomic mass is 10.1. The second-order valence-electron chi connectivity index (χ2n) is 6.20. The van der Waals surface area contributed by atoms with E-state index >= 15 is 0 Å². The van der Waals surface area contributed by atoms with Crippen LogP contribution in [0.15, 0.2) is 65.8 Å². The summed E-state index contributed by atoms with van der Waals surface area (Å²) in [4.78, 5) is 16.6. The van der Waals surface area contributed by atoms with Crippen LogP contribution in [-0.4, -0.2) is 49.2 Å². The molecule has 1 aliphatic rings. The number of rotatable bonds is 5. The van der Waals surface area contributed by atoms with Crippen LogP contribution in [-0.2, 0) is 4.79 Å². The van der Waals surface area contributed by atoms with E-state index in [2.05, 4.69) is 44.6 Å². The molecule has 1 N–H and O–H groups in total. The number of carbonyl (C=O) groups excluding carboxylic acids is 1. The van der Waals surface area contributed by atoms with E-state index in [1.165, 1.54) is 5.69 Å². The summed E-state index contributed by atoms with van der Waals surface area (Å²) in [7, 11) is 0. The zero-order chi connectivity index (χ0) is 17.5. The van der Waals surface area contributed by atoms with Crippen LogP contribution < -0.4 is 10.3 Å². The smallest absolute Gasteiger partial charge is 0.254 e. The molecule has 0 aromatic heterocycles. The summed E-state index contributed by atoms with van der Waals surface area (Å²) in [5.74, 6) is -0.0663. The van der Waals surface area contributed by atoms with Crippen LogP contribution in [0, 0.1) is 0 Å². The fraction of sp³-hybridized carbons (Fsp3) is 0.300. The van der Waals surface area contributed by atoms with Crippen molar-refractivity contribution >= 4 is 17.3 Å². The van der Waals surface area contributed by atoms with Crippen molar-refractivity contribution in [3.63, 3.8) is 0 Å². The fourth-order valence-electron chi connectivity index (χ4n) is 2.93. The third kappa shape index (κ3) is 4.90. The minimum atomic E-state index is -0.0663.